The minimum absolute atomic E-state index is 0.00420. The number of nitrogens with zero attached hydrogens (tertiary/aromatic N) is 2. The van der Waals surface area contributed by atoms with Crippen LogP contribution in [-0.4, -0.2) is 28.8 Å². The number of carbonyl (C=O) groups is 1. The van der Waals surface area contributed by atoms with E-state index in [1.807, 2.05) is 20.8 Å². The maximum absolute atomic E-state index is 11.0. The fraction of sp³-hybridized carbons (Fsp3) is 0.700. The molecule has 0 atom stereocenters. The lowest BCUT2D eigenvalue weighted by Crippen LogP contribution is -2.19. The molecule has 1 heterocycles. The van der Waals surface area contributed by atoms with Crippen molar-refractivity contribution in [2.45, 2.75) is 31.9 Å². The second-order valence-electron chi connectivity index (χ2n) is 4.43. The van der Waals surface area contributed by atoms with Crippen LogP contribution in [0.2, 0.25) is 0 Å². The number of hydrogen-bond acceptors (Lipinski definition) is 5. The molecule has 0 aromatic carbocycles. The minimum atomic E-state index is -0.128. The highest BCUT2D eigenvalue weighted by Crippen LogP contribution is 2.20. The van der Waals surface area contributed by atoms with Crippen molar-refractivity contribution in [2.24, 2.45) is 0 Å². The van der Waals surface area contributed by atoms with Crippen LogP contribution in [0.4, 0.5) is 0 Å². The van der Waals surface area contributed by atoms with E-state index >= 15 is 0 Å². The van der Waals surface area contributed by atoms with Gasteiger partial charge in [0.25, 0.3) is 0 Å². The van der Waals surface area contributed by atoms with E-state index in [1.165, 1.54) is 11.8 Å². The van der Waals surface area contributed by atoms with Crippen molar-refractivity contribution in [1.82, 2.24) is 15.5 Å². The number of nitrogens with one attached hydrogen (secondary N) is 1. The van der Waals surface area contributed by atoms with Crippen molar-refractivity contribution in [2.75, 3.05) is 12.8 Å². The third kappa shape index (κ3) is 3.84. The SMILES string of the molecule is CNC(=O)CSCc1noc(C(C)(C)C)n1. The van der Waals surface area contributed by atoms with Gasteiger partial charge in [0.1, 0.15) is 0 Å². The van der Waals surface area contributed by atoms with E-state index in [4.69, 9.17) is 4.52 Å². The first-order chi connectivity index (χ1) is 7.43. The summed E-state index contributed by atoms with van der Waals surface area (Å²) in [6, 6.07) is 0. The number of hydrogen-bond donors (Lipinski definition) is 1. The van der Waals surface area contributed by atoms with Crippen LogP contribution in [0.1, 0.15) is 32.5 Å². The summed E-state index contributed by atoms with van der Waals surface area (Å²) in [5, 5.41) is 6.42. The normalized spacial score (nSPS) is 11.5. The van der Waals surface area contributed by atoms with E-state index in [0.29, 0.717) is 23.2 Å². The zero-order valence-corrected chi connectivity index (χ0v) is 10.8. The van der Waals surface area contributed by atoms with E-state index in [2.05, 4.69) is 15.5 Å². The molecule has 0 aliphatic carbocycles. The van der Waals surface area contributed by atoms with Gasteiger partial charge < -0.3 is 9.84 Å². The lowest BCUT2D eigenvalue weighted by Gasteiger charge is -2.10. The Morgan fingerprint density at radius 1 is 1.50 bits per heavy atom. The van der Waals surface area contributed by atoms with Gasteiger partial charge >= 0.3 is 0 Å². The minimum Gasteiger partial charge on any atom is -0.358 e. The predicted molar refractivity (Wildman–Crippen MR) is 63.2 cm³/mol. The molecule has 0 spiro atoms. The molecule has 1 aromatic rings. The second-order valence-corrected chi connectivity index (χ2v) is 5.42. The highest BCUT2D eigenvalue weighted by atomic mass is 32.2. The Balaban J connectivity index is 2.44. The standard InChI is InChI=1S/C10H17N3O2S/c1-10(2,3)9-12-7(13-15-9)5-16-6-8(14)11-4/h5-6H2,1-4H3,(H,11,14). The van der Waals surface area contributed by atoms with Crippen molar-refractivity contribution in [3.05, 3.63) is 11.7 Å². The molecule has 1 aromatic heterocycles. The maximum Gasteiger partial charge on any atom is 0.232 e. The molecule has 0 aliphatic rings. The average Bonchev–Trinajstić information content (AvgIpc) is 2.65. The molecule has 0 saturated carbocycles. The predicted octanol–water partition coefficient (Wildman–Crippen LogP) is 1.35. The van der Waals surface area contributed by atoms with Crippen LogP contribution < -0.4 is 5.32 Å². The Morgan fingerprint density at radius 2 is 2.19 bits per heavy atom. The number of rotatable bonds is 4. The first-order valence-electron chi connectivity index (χ1n) is 5.05. The van der Waals surface area contributed by atoms with E-state index in [-0.39, 0.29) is 11.3 Å². The molecule has 0 bridgehead atoms. The van der Waals surface area contributed by atoms with Gasteiger partial charge in [-0.2, -0.15) is 4.98 Å². The smallest absolute Gasteiger partial charge is 0.232 e. The first-order valence-corrected chi connectivity index (χ1v) is 6.20. The Morgan fingerprint density at radius 3 is 2.69 bits per heavy atom. The highest BCUT2D eigenvalue weighted by molar-refractivity contribution is 7.99. The maximum atomic E-state index is 11.0. The molecule has 1 N–H and O–H groups in total. The number of thioether (sulfide) groups is 1. The van der Waals surface area contributed by atoms with Gasteiger partial charge in [0.2, 0.25) is 11.8 Å². The van der Waals surface area contributed by atoms with Crippen LogP contribution in [0.25, 0.3) is 0 Å². The summed E-state index contributed by atoms with van der Waals surface area (Å²) in [5.41, 5.74) is -0.128. The molecule has 1 amide bonds. The van der Waals surface area contributed by atoms with Crippen molar-refractivity contribution >= 4 is 17.7 Å². The van der Waals surface area contributed by atoms with Gasteiger partial charge in [-0.25, -0.2) is 0 Å². The molecule has 6 heteroatoms. The summed E-state index contributed by atoms with van der Waals surface area (Å²) in [7, 11) is 1.62. The summed E-state index contributed by atoms with van der Waals surface area (Å²) < 4.78 is 5.14. The van der Waals surface area contributed by atoms with Crippen LogP contribution in [0, 0.1) is 0 Å². The van der Waals surface area contributed by atoms with Crippen LogP contribution in [0.3, 0.4) is 0 Å². The summed E-state index contributed by atoms with van der Waals surface area (Å²) in [6.45, 7) is 6.05. The third-order valence-electron chi connectivity index (χ3n) is 1.85. The van der Waals surface area contributed by atoms with E-state index < -0.39 is 0 Å². The molecule has 1 rings (SSSR count). The molecule has 0 saturated heterocycles. The zero-order chi connectivity index (χ0) is 12.2. The topological polar surface area (TPSA) is 68.0 Å². The van der Waals surface area contributed by atoms with Crippen LogP contribution in [0.5, 0.6) is 0 Å². The summed E-state index contributed by atoms with van der Waals surface area (Å²) in [4.78, 5) is 15.2. The van der Waals surface area contributed by atoms with E-state index in [1.54, 1.807) is 7.05 Å². The lowest BCUT2D eigenvalue weighted by atomic mass is 9.97. The Hall–Kier alpha value is -1.04. The van der Waals surface area contributed by atoms with Crippen LogP contribution in [-0.2, 0) is 16.0 Å². The summed E-state index contributed by atoms with van der Waals surface area (Å²) >= 11 is 1.47. The third-order valence-corrected chi connectivity index (χ3v) is 2.78. The number of carbonyl (C=O) groups excluding carboxylic acids is 1. The van der Waals surface area contributed by atoms with Crippen LogP contribution in [0.15, 0.2) is 4.52 Å². The fourth-order valence-electron chi connectivity index (χ4n) is 0.924. The van der Waals surface area contributed by atoms with Crippen molar-refractivity contribution < 1.29 is 9.32 Å². The van der Waals surface area contributed by atoms with Gasteiger partial charge in [-0.1, -0.05) is 25.9 Å². The Kier molecular flexibility index (Phi) is 4.35. The van der Waals surface area contributed by atoms with Gasteiger partial charge in [0.05, 0.1) is 11.5 Å². The van der Waals surface area contributed by atoms with Crippen molar-refractivity contribution in [3.8, 4) is 0 Å². The van der Waals surface area contributed by atoms with Gasteiger partial charge in [-0.05, 0) is 0 Å². The molecule has 0 aliphatic heterocycles. The highest BCUT2D eigenvalue weighted by Gasteiger charge is 2.21. The molecule has 16 heavy (non-hydrogen) atoms. The van der Waals surface area contributed by atoms with Gasteiger partial charge in [0, 0.05) is 12.5 Å². The second kappa shape index (κ2) is 5.34. The Labute approximate surface area is 99.4 Å². The van der Waals surface area contributed by atoms with E-state index in [0.717, 1.165) is 0 Å². The largest absolute Gasteiger partial charge is 0.358 e. The monoisotopic (exact) mass is 243 g/mol. The quantitative estimate of drug-likeness (QED) is 0.864. The lowest BCUT2D eigenvalue weighted by molar-refractivity contribution is -0.118. The van der Waals surface area contributed by atoms with Crippen molar-refractivity contribution in [1.29, 1.82) is 0 Å². The number of amides is 1. The summed E-state index contributed by atoms with van der Waals surface area (Å²) in [5.74, 6) is 2.27. The van der Waals surface area contributed by atoms with Gasteiger partial charge in [0.15, 0.2) is 5.82 Å². The summed E-state index contributed by atoms with van der Waals surface area (Å²) in [6.07, 6.45) is 0. The molecule has 0 radical (unpaired) electrons. The number of aromatic nitrogens is 2. The van der Waals surface area contributed by atoms with Gasteiger partial charge in [-0.15, -0.1) is 11.8 Å². The average molecular weight is 243 g/mol. The fourth-order valence-corrected chi connectivity index (χ4v) is 1.66. The molecule has 0 unspecified atom stereocenters. The Bertz CT molecular complexity index is 357. The first kappa shape index (κ1) is 13.0. The molecule has 90 valence electrons. The van der Waals surface area contributed by atoms with Crippen LogP contribution >= 0.6 is 11.8 Å². The molecular formula is C10H17N3O2S. The van der Waals surface area contributed by atoms with Gasteiger partial charge in [-0.3, -0.25) is 4.79 Å². The van der Waals surface area contributed by atoms with Crippen molar-refractivity contribution in [3.63, 3.8) is 0 Å². The molecular weight excluding hydrogens is 226 g/mol. The molecule has 5 nitrogen and oxygen atoms in total. The van der Waals surface area contributed by atoms with E-state index in [9.17, 15) is 4.79 Å². The zero-order valence-electron chi connectivity index (χ0n) is 10.0. The molecule has 0 fully saturated rings.